The molecule has 2 amide bonds. The molecule has 0 aliphatic carbocycles. The van der Waals surface area contributed by atoms with Gasteiger partial charge in [-0.15, -0.1) is 0 Å². The number of rotatable bonds is 6. The van der Waals surface area contributed by atoms with E-state index in [1.807, 2.05) is 0 Å². The van der Waals surface area contributed by atoms with Crippen LogP contribution in [0.5, 0.6) is 11.5 Å². The molecule has 9 nitrogen and oxygen atoms in total. The van der Waals surface area contributed by atoms with Crippen LogP contribution in [0.3, 0.4) is 0 Å². The number of sulfonamides is 1. The van der Waals surface area contributed by atoms with E-state index in [9.17, 15) is 18.0 Å². The zero-order valence-corrected chi connectivity index (χ0v) is 18.1. The van der Waals surface area contributed by atoms with Crippen molar-refractivity contribution in [3.8, 4) is 11.5 Å². The average molecular weight is 474 g/mol. The molecule has 0 saturated heterocycles. The first-order valence-electron chi connectivity index (χ1n) is 8.09. The normalized spacial score (nSPS) is 11.2. The molecule has 160 valence electrons. The van der Waals surface area contributed by atoms with Gasteiger partial charge in [-0.25, -0.2) is 13.6 Å². The maximum absolute atomic E-state index is 12.1. The minimum Gasteiger partial charge on any atom is -0.493 e. The lowest BCUT2D eigenvalue weighted by atomic mass is 10.2. The van der Waals surface area contributed by atoms with Crippen LogP contribution in [0.15, 0.2) is 41.3 Å². The number of halogens is 2. The van der Waals surface area contributed by atoms with Crippen molar-refractivity contribution in [3.63, 3.8) is 0 Å². The summed E-state index contributed by atoms with van der Waals surface area (Å²) in [6.07, 6.45) is 2.59. The fraction of sp³-hybridized carbons (Fsp3) is 0.111. The van der Waals surface area contributed by atoms with E-state index in [4.69, 9.17) is 37.8 Å². The summed E-state index contributed by atoms with van der Waals surface area (Å²) in [7, 11) is -1.22. The molecule has 0 aromatic heterocycles. The van der Waals surface area contributed by atoms with Crippen LogP contribution in [-0.2, 0) is 14.8 Å². The van der Waals surface area contributed by atoms with Gasteiger partial charge in [0.05, 0.1) is 24.3 Å². The molecule has 0 saturated carbocycles. The summed E-state index contributed by atoms with van der Waals surface area (Å²) in [5.41, 5.74) is 4.79. The first-order valence-corrected chi connectivity index (χ1v) is 10.4. The molecule has 2 rings (SSSR count). The van der Waals surface area contributed by atoms with Gasteiger partial charge in [-0.2, -0.15) is 0 Å². The molecule has 0 atom stereocenters. The predicted octanol–water partition coefficient (Wildman–Crippen LogP) is 2.13. The van der Waals surface area contributed by atoms with Gasteiger partial charge >= 0.3 is 0 Å². The standard InChI is InChI=1S/C18H17Cl2N3O6S/c1-28-14-8-10(7-13(20)17(14)29-2)3-6-16(24)22-23-18(25)11-4-5-12(19)15(9-11)30(21,26)27/h3-9H,1-2H3,(H,22,24)(H,23,25)(H2,21,26,27). The van der Waals surface area contributed by atoms with Gasteiger partial charge in [0, 0.05) is 11.6 Å². The molecule has 12 heteroatoms. The maximum Gasteiger partial charge on any atom is 0.269 e. The summed E-state index contributed by atoms with van der Waals surface area (Å²) < 4.78 is 33.3. The highest BCUT2D eigenvalue weighted by Gasteiger charge is 2.16. The molecule has 0 aliphatic rings. The van der Waals surface area contributed by atoms with Crippen molar-refractivity contribution < 1.29 is 27.5 Å². The second kappa shape index (κ2) is 9.81. The van der Waals surface area contributed by atoms with Crippen LogP contribution in [-0.4, -0.2) is 34.5 Å². The fourth-order valence-corrected chi connectivity index (χ4v) is 3.67. The number of benzene rings is 2. The van der Waals surface area contributed by atoms with Crippen LogP contribution >= 0.6 is 23.2 Å². The Morgan fingerprint density at radius 1 is 1.03 bits per heavy atom. The molecule has 0 bridgehead atoms. The summed E-state index contributed by atoms with van der Waals surface area (Å²) in [5.74, 6) is -0.691. The fourth-order valence-electron chi connectivity index (χ4n) is 2.30. The quantitative estimate of drug-likeness (QED) is 0.434. The molecule has 0 aliphatic heterocycles. The van der Waals surface area contributed by atoms with Crippen molar-refractivity contribution in [1.82, 2.24) is 10.9 Å². The lowest BCUT2D eigenvalue weighted by Crippen LogP contribution is -2.40. The number of nitrogens with one attached hydrogen (secondary N) is 2. The largest absolute Gasteiger partial charge is 0.493 e. The molecular weight excluding hydrogens is 457 g/mol. The Morgan fingerprint density at radius 3 is 2.33 bits per heavy atom. The van der Waals surface area contributed by atoms with Gasteiger partial charge in [0.2, 0.25) is 10.0 Å². The van der Waals surface area contributed by atoms with Gasteiger partial charge in [0.15, 0.2) is 11.5 Å². The van der Waals surface area contributed by atoms with Crippen LogP contribution in [0.4, 0.5) is 0 Å². The van der Waals surface area contributed by atoms with Gasteiger partial charge in [0.1, 0.15) is 4.90 Å². The van der Waals surface area contributed by atoms with E-state index < -0.39 is 26.7 Å². The molecule has 0 spiro atoms. The Balaban J connectivity index is 2.06. The lowest BCUT2D eigenvalue weighted by molar-refractivity contribution is -0.117. The monoisotopic (exact) mass is 473 g/mol. The minimum atomic E-state index is -4.11. The smallest absolute Gasteiger partial charge is 0.269 e. The Bertz CT molecular complexity index is 1120. The van der Waals surface area contributed by atoms with E-state index in [0.29, 0.717) is 22.1 Å². The predicted molar refractivity (Wildman–Crippen MR) is 112 cm³/mol. The number of nitrogens with two attached hydrogens (primary N) is 1. The Morgan fingerprint density at radius 2 is 1.73 bits per heavy atom. The number of carbonyl (C=O) groups excluding carboxylic acids is 2. The molecule has 4 N–H and O–H groups in total. The molecular formula is C18H17Cl2N3O6S. The molecule has 0 radical (unpaired) electrons. The Kier molecular flexibility index (Phi) is 7.68. The van der Waals surface area contributed by atoms with Gasteiger partial charge < -0.3 is 9.47 Å². The molecule has 0 heterocycles. The summed E-state index contributed by atoms with van der Waals surface area (Å²) in [4.78, 5) is 23.7. The third-order valence-corrected chi connectivity index (χ3v) is 5.36. The first kappa shape index (κ1) is 23.5. The van der Waals surface area contributed by atoms with E-state index in [0.717, 1.165) is 12.1 Å². The third kappa shape index (κ3) is 5.86. The van der Waals surface area contributed by atoms with Crippen molar-refractivity contribution in [3.05, 3.63) is 57.6 Å². The van der Waals surface area contributed by atoms with Gasteiger partial charge in [0.25, 0.3) is 11.8 Å². The average Bonchev–Trinajstić information content (AvgIpc) is 2.69. The number of amides is 2. The molecule has 30 heavy (non-hydrogen) atoms. The number of methoxy groups -OCH3 is 2. The van der Waals surface area contributed by atoms with Gasteiger partial charge in [-0.1, -0.05) is 23.2 Å². The van der Waals surface area contributed by atoms with Crippen molar-refractivity contribution in [2.45, 2.75) is 4.90 Å². The topological polar surface area (TPSA) is 137 Å². The van der Waals surface area contributed by atoms with Crippen molar-refractivity contribution in [1.29, 1.82) is 0 Å². The second-order valence-corrected chi connectivity index (χ2v) is 8.05. The number of hydrogen-bond donors (Lipinski definition) is 3. The van der Waals surface area contributed by atoms with Crippen LogP contribution in [0.2, 0.25) is 10.0 Å². The highest BCUT2D eigenvalue weighted by Crippen LogP contribution is 2.36. The molecule has 0 fully saturated rings. The maximum atomic E-state index is 12.1. The number of primary sulfonamides is 1. The van der Waals surface area contributed by atoms with Gasteiger partial charge in [-0.3, -0.25) is 20.4 Å². The third-order valence-electron chi connectivity index (χ3n) is 3.68. The molecule has 2 aromatic carbocycles. The highest BCUT2D eigenvalue weighted by atomic mass is 35.5. The summed E-state index contributed by atoms with van der Waals surface area (Å²) >= 11 is 11.9. The van der Waals surface area contributed by atoms with Crippen molar-refractivity contribution >= 4 is 51.1 Å². The van der Waals surface area contributed by atoms with Crippen LogP contribution in [0.1, 0.15) is 15.9 Å². The highest BCUT2D eigenvalue weighted by molar-refractivity contribution is 7.89. The first-order chi connectivity index (χ1) is 14.1. The van der Waals surface area contributed by atoms with E-state index in [1.54, 1.807) is 12.1 Å². The van der Waals surface area contributed by atoms with Crippen molar-refractivity contribution in [2.24, 2.45) is 5.14 Å². The van der Waals surface area contributed by atoms with Crippen molar-refractivity contribution in [2.75, 3.05) is 14.2 Å². The number of hydrazine groups is 1. The number of hydrogen-bond acceptors (Lipinski definition) is 6. The summed E-state index contributed by atoms with van der Waals surface area (Å²) in [6, 6.07) is 6.66. The number of ether oxygens (including phenoxy) is 2. The van der Waals surface area contributed by atoms with Crippen LogP contribution < -0.4 is 25.5 Å². The van der Waals surface area contributed by atoms with E-state index in [-0.39, 0.29) is 10.6 Å². The SMILES string of the molecule is COc1cc(C=CC(=O)NNC(=O)c2ccc(Cl)c(S(N)(=O)=O)c2)cc(Cl)c1OC. The lowest BCUT2D eigenvalue weighted by Gasteiger charge is -2.10. The van der Waals surface area contributed by atoms with E-state index in [2.05, 4.69) is 10.9 Å². The Hall–Kier alpha value is -2.79. The number of carbonyl (C=O) groups is 2. The Labute approximate surface area is 182 Å². The molecule has 2 aromatic rings. The zero-order valence-electron chi connectivity index (χ0n) is 15.7. The second-order valence-electron chi connectivity index (χ2n) is 5.71. The van der Waals surface area contributed by atoms with Crippen LogP contribution in [0, 0.1) is 0 Å². The van der Waals surface area contributed by atoms with Gasteiger partial charge in [-0.05, 0) is 42.0 Å². The molecule has 0 unspecified atom stereocenters. The van der Waals surface area contributed by atoms with E-state index in [1.165, 1.54) is 32.4 Å². The minimum absolute atomic E-state index is 0.0700. The zero-order chi connectivity index (χ0) is 22.5. The van der Waals surface area contributed by atoms with E-state index >= 15 is 0 Å². The summed E-state index contributed by atoms with van der Waals surface area (Å²) in [6.45, 7) is 0. The summed E-state index contributed by atoms with van der Waals surface area (Å²) in [5, 5.41) is 5.20. The van der Waals surface area contributed by atoms with Crippen LogP contribution in [0.25, 0.3) is 6.08 Å².